The molecule has 7 nitrogen and oxygen atoms in total. The third-order valence-corrected chi connectivity index (χ3v) is 5.26. The lowest BCUT2D eigenvalue weighted by atomic mass is 10.0. The molecule has 0 bridgehead atoms. The van der Waals surface area contributed by atoms with Gasteiger partial charge in [0, 0.05) is 10.9 Å². The largest absolute Gasteiger partial charge is 0.460 e. The number of rotatable bonds is 0. The summed E-state index contributed by atoms with van der Waals surface area (Å²) in [6, 6.07) is 7.78. The predicted molar refractivity (Wildman–Crippen MR) is 95.8 cm³/mol. The lowest BCUT2D eigenvalue weighted by molar-refractivity contribution is -0.145. The van der Waals surface area contributed by atoms with Gasteiger partial charge in [0.25, 0.3) is 5.56 Å². The van der Waals surface area contributed by atoms with Crippen LogP contribution in [0.15, 0.2) is 34.1 Å². The summed E-state index contributed by atoms with van der Waals surface area (Å²) in [6.45, 7) is 0.465. The second kappa shape index (κ2) is 4.57. The summed E-state index contributed by atoms with van der Waals surface area (Å²) in [5.74, 6) is -0.304. The minimum atomic E-state index is -0.304. The number of hydrogen-bond donors (Lipinski definition) is 1. The van der Waals surface area contributed by atoms with Crippen molar-refractivity contribution < 1.29 is 9.53 Å². The molecule has 126 valence electrons. The molecular formula is C19H12N4O3. The highest BCUT2D eigenvalue weighted by Gasteiger charge is 2.31. The molecule has 1 aromatic carbocycles. The number of hydrogen-bond acceptors (Lipinski definition) is 6. The van der Waals surface area contributed by atoms with Crippen LogP contribution in [0.3, 0.4) is 0 Å². The van der Waals surface area contributed by atoms with E-state index in [0.29, 0.717) is 12.1 Å². The molecule has 0 aliphatic carbocycles. The Bertz CT molecular complexity index is 1260. The molecule has 0 fully saturated rings. The van der Waals surface area contributed by atoms with Gasteiger partial charge in [-0.25, -0.2) is 9.98 Å². The predicted octanol–water partition coefficient (Wildman–Crippen LogP) is 2.11. The van der Waals surface area contributed by atoms with Gasteiger partial charge >= 0.3 is 5.97 Å². The van der Waals surface area contributed by atoms with Gasteiger partial charge in [-0.2, -0.15) is 0 Å². The minimum Gasteiger partial charge on any atom is -0.460 e. The van der Waals surface area contributed by atoms with E-state index in [1.807, 2.05) is 24.3 Å². The first kappa shape index (κ1) is 13.8. The SMILES string of the molecule is O=C1Cc2cc3n(c(=O)c2CO1)Cc1c-3nc2cccc3c2c1N=CN3. The van der Waals surface area contributed by atoms with Gasteiger partial charge in [-0.05, 0) is 23.8 Å². The Labute approximate surface area is 147 Å². The molecule has 7 heteroatoms. The average Bonchev–Trinajstić information content (AvgIpc) is 3.01. The number of cyclic esters (lactones) is 1. The van der Waals surface area contributed by atoms with Gasteiger partial charge in [-0.15, -0.1) is 0 Å². The molecule has 26 heavy (non-hydrogen) atoms. The van der Waals surface area contributed by atoms with E-state index in [1.165, 1.54) is 0 Å². The molecule has 0 radical (unpaired) electrons. The Hall–Kier alpha value is -3.48. The highest BCUT2D eigenvalue weighted by atomic mass is 16.5. The lowest BCUT2D eigenvalue weighted by Gasteiger charge is -2.17. The first-order valence-electron chi connectivity index (χ1n) is 8.37. The number of benzene rings is 1. The van der Waals surface area contributed by atoms with Crippen LogP contribution in [0.4, 0.5) is 11.4 Å². The van der Waals surface area contributed by atoms with Crippen LogP contribution in [0.1, 0.15) is 16.7 Å². The van der Waals surface area contributed by atoms with E-state index in [2.05, 4.69) is 10.3 Å². The van der Waals surface area contributed by atoms with Gasteiger partial charge in [-0.1, -0.05) is 6.07 Å². The van der Waals surface area contributed by atoms with E-state index in [1.54, 1.807) is 10.9 Å². The summed E-state index contributed by atoms with van der Waals surface area (Å²) in [4.78, 5) is 33.9. The average molecular weight is 344 g/mol. The summed E-state index contributed by atoms with van der Waals surface area (Å²) < 4.78 is 6.77. The zero-order valence-corrected chi connectivity index (χ0v) is 13.6. The first-order valence-corrected chi connectivity index (χ1v) is 8.37. The van der Waals surface area contributed by atoms with E-state index in [0.717, 1.165) is 44.8 Å². The number of fused-ring (bicyclic) bond motifs is 5. The van der Waals surface area contributed by atoms with Crippen molar-refractivity contribution in [3.63, 3.8) is 0 Å². The van der Waals surface area contributed by atoms with Crippen molar-refractivity contribution in [3.05, 3.63) is 51.3 Å². The molecule has 3 aromatic rings. The van der Waals surface area contributed by atoms with Gasteiger partial charge in [-0.3, -0.25) is 9.59 Å². The van der Waals surface area contributed by atoms with Crippen LogP contribution in [-0.2, 0) is 29.1 Å². The lowest BCUT2D eigenvalue weighted by Crippen LogP contribution is -2.29. The Morgan fingerprint density at radius 1 is 1.19 bits per heavy atom. The molecular weight excluding hydrogens is 332 g/mol. The third kappa shape index (κ3) is 1.62. The number of carbonyl (C=O) groups excluding carboxylic acids is 1. The van der Waals surface area contributed by atoms with Gasteiger partial charge in [0.05, 0.1) is 53.1 Å². The van der Waals surface area contributed by atoms with Crippen LogP contribution < -0.4 is 10.9 Å². The fourth-order valence-corrected chi connectivity index (χ4v) is 4.05. The van der Waals surface area contributed by atoms with E-state index < -0.39 is 0 Å². The van der Waals surface area contributed by atoms with Gasteiger partial charge < -0.3 is 14.6 Å². The zero-order valence-electron chi connectivity index (χ0n) is 13.6. The summed E-state index contributed by atoms with van der Waals surface area (Å²) in [5, 5.41) is 4.12. The Balaban J connectivity index is 1.69. The van der Waals surface area contributed by atoms with E-state index in [4.69, 9.17) is 9.72 Å². The maximum Gasteiger partial charge on any atom is 0.310 e. The number of nitrogens with zero attached hydrogens (tertiary/aromatic N) is 3. The van der Waals surface area contributed by atoms with Crippen molar-refractivity contribution in [2.24, 2.45) is 4.99 Å². The standard InChI is InChI=1S/C19H12N4O3/c24-15-5-9-4-14-17-10(6-23(14)19(25)11(9)7-26-15)18-16-12(20-8-21-18)2-1-3-13(16)22-17/h1-4,8H,5-7H2,(H,20,21). The summed E-state index contributed by atoms with van der Waals surface area (Å²) in [6.07, 6.45) is 1.79. The minimum absolute atomic E-state index is 0.0398. The molecule has 0 spiro atoms. The molecule has 0 saturated carbocycles. The van der Waals surface area contributed by atoms with Crippen LogP contribution in [0.5, 0.6) is 0 Å². The fraction of sp³-hybridized carbons (Fsp3) is 0.158. The monoisotopic (exact) mass is 344 g/mol. The van der Waals surface area contributed by atoms with E-state index in [9.17, 15) is 9.59 Å². The van der Waals surface area contributed by atoms with Crippen molar-refractivity contribution in [2.45, 2.75) is 19.6 Å². The first-order chi connectivity index (χ1) is 12.7. The molecule has 6 rings (SSSR count). The zero-order chi connectivity index (χ0) is 17.4. The maximum atomic E-state index is 12.9. The second-order valence-electron chi connectivity index (χ2n) is 6.65. The molecule has 3 aliphatic heterocycles. The number of nitrogens with one attached hydrogen (secondary N) is 1. The van der Waals surface area contributed by atoms with Crippen LogP contribution in [-0.4, -0.2) is 21.9 Å². The van der Waals surface area contributed by atoms with Crippen LogP contribution in [0, 0.1) is 0 Å². The van der Waals surface area contributed by atoms with Crippen molar-refractivity contribution in [3.8, 4) is 11.4 Å². The smallest absolute Gasteiger partial charge is 0.310 e. The number of ether oxygens (including phenoxy) is 1. The number of aliphatic imine (C=N–C) groups is 1. The highest BCUT2D eigenvalue weighted by Crippen LogP contribution is 2.43. The fourth-order valence-electron chi connectivity index (χ4n) is 4.05. The van der Waals surface area contributed by atoms with Crippen molar-refractivity contribution in [1.29, 1.82) is 0 Å². The molecule has 0 saturated heterocycles. The summed E-state index contributed by atoms with van der Waals surface area (Å²) in [7, 11) is 0. The number of carbonyl (C=O) groups is 1. The van der Waals surface area contributed by atoms with Crippen molar-refractivity contribution >= 4 is 34.6 Å². The Kier molecular flexibility index (Phi) is 2.42. The number of pyridine rings is 2. The summed E-state index contributed by atoms with van der Waals surface area (Å²) in [5.41, 5.74) is 6.28. The van der Waals surface area contributed by atoms with E-state index >= 15 is 0 Å². The van der Waals surface area contributed by atoms with Crippen molar-refractivity contribution in [2.75, 3.05) is 5.32 Å². The molecule has 1 N–H and O–H groups in total. The van der Waals surface area contributed by atoms with Crippen LogP contribution >= 0.6 is 0 Å². The quantitative estimate of drug-likeness (QED) is 0.494. The third-order valence-electron chi connectivity index (χ3n) is 5.26. The highest BCUT2D eigenvalue weighted by molar-refractivity contribution is 6.09. The molecule has 0 unspecified atom stereocenters. The van der Waals surface area contributed by atoms with Gasteiger partial charge in [0.2, 0.25) is 0 Å². The van der Waals surface area contributed by atoms with Crippen LogP contribution in [0.25, 0.3) is 22.3 Å². The van der Waals surface area contributed by atoms with Gasteiger partial charge in [0.1, 0.15) is 6.61 Å². The maximum absolute atomic E-state index is 12.9. The van der Waals surface area contributed by atoms with Crippen LogP contribution in [0.2, 0.25) is 0 Å². The number of esters is 1. The van der Waals surface area contributed by atoms with Gasteiger partial charge in [0.15, 0.2) is 0 Å². The summed E-state index contributed by atoms with van der Waals surface area (Å²) >= 11 is 0. The normalized spacial score (nSPS) is 15.9. The molecule has 2 aromatic heterocycles. The molecule has 0 amide bonds. The van der Waals surface area contributed by atoms with E-state index in [-0.39, 0.29) is 24.6 Å². The molecule has 5 heterocycles. The molecule has 3 aliphatic rings. The number of anilines is 1. The Morgan fingerprint density at radius 3 is 3.04 bits per heavy atom. The Morgan fingerprint density at radius 2 is 2.12 bits per heavy atom. The van der Waals surface area contributed by atoms with Crippen molar-refractivity contribution in [1.82, 2.24) is 9.55 Å². The second-order valence-corrected chi connectivity index (χ2v) is 6.65. The topological polar surface area (TPSA) is 85.6 Å². The number of aromatic nitrogens is 2. The molecule has 0 atom stereocenters.